The molecule has 0 saturated heterocycles. The van der Waals surface area contributed by atoms with E-state index < -0.39 is 5.97 Å². The molecule has 0 saturated carbocycles. The molecular weight excluding hydrogens is 384 g/mol. The maximum Gasteiger partial charge on any atom is 0.354 e. The van der Waals surface area contributed by atoms with E-state index in [9.17, 15) is 15.2 Å². The van der Waals surface area contributed by atoms with Crippen molar-refractivity contribution in [2.24, 2.45) is 0 Å². The number of pyridine rings is 1. The van der Waals surface area contributed by atoms with Gasteiger partial charge in [-0.2, -0.15) is 5.26 Å². The van der Waals surface area contributed by atoms with Crippen LogP contribution in [-0.2, 0) is 6.61 Å². The van der Waals surface area contributed by atoms with E-state index >= 15 is 0 Å². The van der Waals surface area contributed by atoms with Gasteiger partial charge in [-0.05, 0) is 24.6 Å². The third-order valence-electron chi connectivity index (χ3n) is 3.79. The number of carbonyl (C=O) groups is 1. The molecular formula is C19H13BrN2O3. The predicted octanol–water partition coefficient (Wildman–Crippen LogP) is 4.45. The second-order valence-corrected chi connectivity index (χ2v) is 6.37. The highest BCUT2D eigenvalue weighted by molar-refractivity contribution is 9.10. The van der Waals surface area contributed by atoms with Crippen LogP contribution in [0.5, 0.6) is 5.75 Å². The number of nitriles is 1. The summed E-state index contributed by atoms with van der Waals surface area (Å²) in [7, 11) is 0. The molecule has 3 aromatic rings. The van der Waals surface area contributed by atoms with E-state index in [0.717, 1.165) is 5.56 Å². The second kappa shape index (κ2) is 6.91. The molecule has 1 heterocycles. The largest absolute Gasteiger partial charge is 0.488 e. The molecule has 0 atom stereocenters. The second-order valence-electron chi connectivity index (χ2n) is 5.46. The lowest BCUT2D eigenvalue weighted by Gasteiger charge is -2.15. The standard InChI is InChI=1S/C19H13BrN2O3/c1-11-16(19(23)24)22-17-13(9-21)7-14(20)8-15(17)18(11)25-10-12-5-3-2-4-6-12/h2-8H,10H2,1H3,(H,23,24). The number of aromatic carboxylic acids is 1. The Bertz CT molecular complexity index is 1010. The van der Waals surface area contributed by atoms with Gasteiger partial charge in [-0.15, -0.1) is 0 Å². The Morgan fingerprint density at radius 1 is 1.32 bits per heavy atom. The van der Waals surface area contributed by atoms with E-state index in [0.29, 0.717) is 26.7 Å². The molecule has 0 amide bonds. The van der Waals surface area contributed by atoms with Gasteiger partial charge >= 0.3 is 5.97 Å². The number of nitrogens with zero attached hydrogens (tertiary/aromatic N) is 2. The highest BCUT2D eigenvalue weighted by atomic mass is 79.9. The Kier molecular flexibility index (Phi) is 4.68. The smallest absolute Gasteiger partial charge is 0.354 e. The summed E-state index contributed by atoms with van der Waals surface area (Å²) >= 11 is 3.38. The van der Waals surface area contributed by atoms with Crippen LogP contribution in [0.1, 0.15) is 27.2 Å². The summed E-state index contributed by atoms with van der Waals surface area (Å²) in [5.41, 5.74) is 1.87. The zero-order chi connectivity index (χ0) is 18.0. The number of aromatic nitrogens is 1. The first kappa shape index (κ1) is 16.9. The number of ether oxygens (including phenoxy) is 1. The third kappa shape index (κ3) is 3.32. The minimum absolute atomic E-state index is 0.116. The zero-order valence-electron chi connectivity index (χ0n) is 13.3. The Balaban J connectivity index is 2.20. The van der Waals surface area contributed by atoms with Crippen molar-refractivity contribution < 1.29 is 14.6 Å². The molecule has 3 rings (SSSR count). The summed E-state index contributed by atoms with van der Waals surface area (Å²) in [6, 6.07) is 15.0. The number of fused-ring (bicyclic) bond motifs is 1. The average molecular weight is 397 g/mol. The van der Waals surface area contributed by atoms with Crippen LogP contribution in [0.25, 0.3) is 10.9 Å². The molecule has 25 heavy (non-hydrogen) atoms. The van der Waals surface area contributed by atoms with E-state index in [1.165, 1.54) is 0 Å². The van der Waals surface area contributed by atoms with Crippen molar-refractivity contribution in [3.8, 4) is 11.8 Å². The minimum atomic E-state index is -1.16. The molecule has 124 valence electrons. The van der Waals surface area contributed by atoms with Crippen molar-refractivity contribution in [1.82, 2.24) is 4.98 Å². The molecule has 6 heteroatoms. The van der Waals surface area contributed by atoms with E-state index in [4.69, 9.17) is 4.74 Å². The molecule has 0 unspecified atom stereocenters. The lowest BCUT2D eigenvalue weighted by Crippen LogP contribution is -2.08. The van der Waals surface area contributed by atoms with Crippen LogP contribution in [0.4, 0.5) is 0 Å². The van der Waals surface area contributed by atoms with Gasteiger partial charge in [0.15, 0.2) is 5.69 Å². The van der Waals surface area contributed by atoms with E-state index in [1.54, 1.807) is 19.1 Å². The van der Waals surface area contributed by atoms with Crippen molar-refractivity contribution in [1.29, 1.82) is 5.26 Å². The topological polar surface area (TPSA) is 83.2 Å². The molecule has 0 aliphatic heterocycles. The molecule has 0 fully saturated rings. The van der Waals surface area contributed by atoms with Gasteiger partial charge < -0.3 is 9.84 Å². The summed E-state index contributed by atoms with van der Waals surface area (Å²) in [4.78, 5) is 15.7. The normalized spacial score (nSPS) is 10.4. The van der Waals surface area contributed by atoms with Crippen molar-refractivity contribution in [2.75, 3.05) is 0 Å². The molecule has 0 aliphatic rings. The van der Waals surface area contributed by atoms with E-state index in [-0.39, 0.29) is 17.9 Å². The molecule has 0 aliphatic carbocycles. The Labute approximate surface area is 152 Å². The van der Waals surface area contributed by atoms with E-state index in [1.807, 2.05) is 30.3 Å². The summed E-state index contributed by atoms with van der Waals surface area (Å²) in [6.45, 7) is 1.94. The van der Waals surface area contributed by atoms with Crippen LogP contribution in [0.15, 0.2) is 46.9 Å². The number of carboxylic acid groups (broad SMARTS) is 1. The van der Waals surface area contributed by atoms with Gasteiger partial charge in [0.2, 0.25) is 0 Å². The van der Waals surface area contributed by atoms with Gasteiger partial charge in [-0.1, -0.05) is 46.3 Å². The fourth-order valence-corrected chi connectivity index (χ4v) is 3.07. The lowest BCUT2D eigenvalue weighted by atomic mass is 10.0. The van der Waals surface area contributed by atoms with Crippen molar-refractivity contribution >= 4 is 32.8 Å². The monoisotopic (exact) mass is 396 g/mol. The average Bonchev–Trinajstić information content (AvgIpc) is 2.60. The van der Waals surface area contributed by atoms with Crippen LogP contribution in [0.3, 0.4) is 0 Å². The summed E-state index contributed by atoms with van der Waals surface area (Å²) in [5.74, 6) is -0.736. The highest BCUT2D eigenvalue weighted by Gasteiger charge is 2.20. The van der Waals surface area contributed by atoms with Gasteiger partial charge in [-0.25, -0.2) is 9.78 Å². The Morgan fingerprint density at radius 3 is 2.68 bits per heavy atom. The first-order chi connectivity index (χ1) is 12.0. The number of benzene rings is 2. The third-order valence-corrected chi connectivity index (χ3v) is 4.25. The Hall–Kier alpha value is -2.91. The van der Waals surface area contributed by atoms with Crippen LogP contribution in [0, 0.1) is 18.3 Å². The lowest BCUT2D eigenvalue weighted by molar-refractivity contribution is 0.0689. The molecule has 0 radical (unpaired) electrons. The number of carboxylic acids is 1. The maximum atomic E-state index is 11.5. The molecule has 0 bridgehead atoms. The van der Waals surface area contributed by atoms with Crippen molar-refractivity contribution in [2.45, 2.75) is 13.5 Å². The van der Waals surface area contributed by atoms with Gasteiger partial charge in [0.05, 0.1) is 11.1 Å². The molecule has 0 spiro atoms. The minimum Gasteiger partial charge on any atom is -0.488 e. The summed E-state index contributed by atoms with van der Waals surface area (Å²) in [5, 5.41) is 19.4. The number of hydrogen-bond donors (Lipinski definition) is 1. The van der Waals surface area contributed by atoms with E-state index in [2.05, 4.69) is 27.0 Å². The Morgan fingerprint density at radius 2 is 2.04 bits per heavy atom. The fraction of sp³-hybridized carbons (Fsp3) is 0.105. The van der Waals surface area contributed by atoms with Gasteiger partial charge in [0.1, 0.15) is 18.4 Å². The zero-order valence-corrected chi connectivity index (χ0v) is 14.9. The quantitative estimate of drug-likeness (QED) is 0.703. The number of halogens is 1. The first-order valence-electron chi connectivity index (χ1n) is 7.45. The maximum absolute atomic E-state index is 11.5. The number of rotatable bonds is 4. The molecule has 2 aromatic carbocycles. The van der Waals surface area contributed by atoms with Gasteiger partial charge in [0.25, 0.3) is 0 Å². The van der Waals surface area contributed by atoms with Crippen molar-refractivity contribution in [3.05, 3.63) is 69.3 Å². The first-order valence-corrected chi connectivity index (χ1v) is 8.24. The fourth-order valence-electron chi connectivity index (χ4n) is 2.61. The molecule has 1 N–H and O–H groups in total. The predicted molar refractivity (Wildman–Crippen MR) is 96.6 cm³/mol. The summed E-state index contributed by atoms with van der Waals surface area (Å²) < 4.78 is 6.65. The van der Waals surface area contributed by atoms with Crippen LogP contribution in [-0.4, -0.2) is 16.1 Å². The van der Waals surface area contributed by atoms with Crippen LogP contribution >= 0.6 is 15.9 Å². The van der Waals surface area contributed by atoms with Crippen LogP contribution < -0.4 is 4.74 Å². The molecule has 5 nitrogen and oxygen atoms in total. The highest BCUT2D eigenvalue weighted by Crippen LogP contribution is 2.34. The summed E-state index contributed by atoms with van der Waals surface area (Å²) in [6.07, 6.45) is 0. The SMILES string of the molecule is Cc1c(C(=O)O)nc2c(C#N)cc(Br)cc2c1OCc1ccccc1. The molecule has 1 aromatic heterocycles. The van der Waals surface area contributed by atoms with Crippen molar-refractivity contribution in [3.63, 3.8) is 0 Å². The van der Waals surface area contributed by atoms with Gasteiger partial charge in [0, 0.05) is 15.4 Å². The number of hydrogen-bond acceptors (Lipinski definition) is 4. The van der Waals surface area contributed by atoms with Gasteiger partial charge in [-0.3, -0.25) is 0 Å². The van der Waals surface area contributed by atoms with Crippen LogP contribution in [0.2, 0.25) is 0 Å².